The second kappa shape index (κ2) is 5.65. The molecule has 4 heteroatoms. The summed E-state index contributed by atoms with van der Waals surface area (Å²) in [6.07, 6.45) is 0. The van der Waals surface area contributed by atoms with E-state index in [2.05, 4.69) is 5.32 Å². The van der Waals surface area contributed by atoms with Crippen molar-refractivity contribution in [3.8, 4) is 0 Å². The van der Waals surface area contributed by atoms with E-state index in [-0.39, 0.29) is 24.1 Å². The summed E-state index contributed by atoms with van der Waals surface area (Å²) in [5.74, 6) is -0.601. The summed E-state index contributed by atoms with van der Waals surface area (Å²) < 4.78 is 0. The molecule has 0 unspecified atom stereocenters. The van der Waals surface area contributed by atoms with Gasteiger partial charge in [-0.05, 0) is 16.8 Å². The minimum absolute atomic E-state index is 0.0239. The van der Waals surface area contributed by atoms with E-state index < -0.39 is 0 Å². The van der Waals surface area contributed by atoms with Gasteiger partial charge in [0, 0.05) is 5.56 Å². The molecule has 1 N–H and O–H groups in total. The number of hydrogen-bond donors (Lipinski definition) is 1. The van der Waals surface area contributed by atoms with E-state index in [0.29, 0.717) is 5.56 Å². The van der Waals surface area contributed by atoms with E-state index in [1.54, 1.807) is 6.07 Å². The molecule has 0 aromatic heterocycles. The fourth-order valence-corrected chi connectivity index (χ4v) is 1.79. The first-order chi connectivity index (χ1) is 8.70. The van der Waals surface area contributed by atoms with Crippen LogP contribution in [0.3, 0.4) is 0 Å². The number of carbonyl (C=O) groups is 2. The molecule has 18 heavy (non-hydrogen) atoms. The average molecular weight is 262 g/mol. The van der Waals surface area contributed by atoms with Gasteiger partial charge in [-0.2, -0.15) is 0 Å². The summed E-state index contributed by atoms with van der Waals surface area (Å²) in [7, 11) is 0. The van der Waals surface area contributed by atoms with Gasteiger partial charge in [-0.15, -0.1) is 11.6 Å². The van der Waals surface area contributed by atoms with Gasteiger partial charge < -0.3 is 5.32 Å². The molecule has 0 heterocycles. The lowest BCUT2D eigenvalue weighted by Gasteiger charge is -2.04. The highest BCUT2D eigenvalue weighted by atomic mass is 35.5. The van der Waals surface area contributed by atoms with Gasteiger partial charge in [0.25, 0.3) is 0 Å². The number of nitrogens with one attached hydrogen (secondary N) is 1. The van der Waals surface area contributed by atoms with Crippen LogP contribution >= 0.6 is 11.6 Å². The molecular weight excluding hydrogens is 250 g/mol. The zero-order valence-corrected chi connectivity index (χ0v) is 10.4. The number of hydrogen-bond acceptors (Lipinski definition) is 2. The molecule has 0 spiro atoms. The molecule has 0 saturated carbocycles. The lowest BCUT2D eigenvalue weighted by atomic mass is 10.0. The van der Waals surface area contributed by atoms with Gasteiger partial charge in [0.15, 0.2) is 5.78 Å². The summed E-state index contributed by atoms with van der Waals surface area (Å²) >= 11 is 5.34. The molecule has 0 atom stereocenters. The molecule has 1 amide bonds. The van der Waals surface area contributed by atoms with Crippen LogP contribution in [0.25, 0.3) is 10.8 Å². The minimum Gasteiger partial charge on any atom is -0.348 e. The molecule has 2 rings (SSSR count). The number of alkyl halides is 1. The predicted octanol–water partition coefficient (Wildman–Crippen LogP) is 2.38. The zero-order chi connectivity index (χ0) is 13.0. The Hall–Kier alpha value is -1.87. The summed E-state index contributed by atoms with van der Waals surface area (Å²) in [6.45, 7) is -0.0239. The van der Waals surface area contributed by atoms with Gasteiger partial charge in [0.05, 0.1) is 6.54 Å². The number of rotatable bonds is 4. The van der Waals surface area contributed by atoms with Crippen molar-refractivity contribution in [2.75, 3.05) is 12.4 Å². The molecule has 0 fully saturated rings. The first kappa shape index (κ1) is 12.6. The molecule has 0 saturated heterocycles. The van der Waals surface area contributed by atoms with Crippen LogP contribution in [-0.2, 0) is 4.79 Å². The summed E-state index contributed by atoms with van der Waals surface area (Å²) in [5, 5.41) is 4.55. The van der Waals surface area contributed by atoms with Crippen LogP contribution in [-0.4, -0.2) is 24.1 Å². The molecule has 0 aliphatic carbocycles. The average Bonchev–Trinajstić information content (AvgIpc) is 2.43. The quantitative estimate of drug-likeness (QED) is 0.678. The number of Topliss-reactive ketones (excluding diaryl/α,β-unsaturated/α-hetero) is 1. The van der Waals surface area contributed by atoms with Crippen LogP contribution < -0.4 is 5.32 Å². The Bertz CT molecular complexity index is 595. The number of benzene rings is 2. The number of ketones is 1. The van der Waals surface area contributed by atoms with Crippen LogP contribution in [0.2, 0.25) is 0 Å². The van der Waals surface area contributed by atoms with E-state index in [9.17, 15) is 9.59 Å². The second-order valence-corrected chi connectivity index (χ2v) is 4.16. The molecule has 0 bridgehead atoms. The van der Waals surface area contributed by atoms with E-state index in [1.165, 1.54) is 0 Å². The Kier molecular flexibility index (Phi) is 3.95. The molecule has 92 valence electrons. The number of amides is 1. The molecule has 0 aliphatic heterocycles. The van der Waals surface area contributed by atoms with Crippen molar-refractivity contribution < 1.29 is 9.59 Å². The lowest BCUT2D eigenvalue weighted by molar-refractivity contribution is -0.118. The number of carbonyl (C=O) groups excluding carboxylic acids is 2. The van der Waals surface area contributed by atoms with E-state index >= 15 is 0 Å². The van der Waals surface area contributed by atoms with Crippen molar-refractivity contribution in [3.63, 3.8) is 0 Å². The monoisotopic (exact) mass is 261 g/mol. The topological polar surface area (TPSA) is 46.2 Å². The molecule has 2 aromatic rings. The van der Waals surface area contributed by atoms with Gasteiger partial charge >= 0.3 is 0 Å². The van der Waals surface area contributed by atoms with E-state index in [4.69, 9.17) is 11.6 Å². The molecule has 0 aliphatic rings. The first-order valence-electron chi connectivity index (χ1n) is 5.55. The fraction of sp³-hybridized carbons (Fsp3) is 0.143. The number of halogens is 1. The Morgan fingerprint density at radius 3 is 2.50 bits per heavy atom. The normalized spacial score (nSPS) is 10.3. The summed E-state index contributed by atoms with van der Waals surface area (Å²) in [5.41, 5.74) is 0.587. The Balaban J connectivity index is 2.15. The third-order valence-electron chi connectivity index (χ3n) is 2.64. The smallest absolute Gasteiger partial charge is 0.235 e. The van der Waals surface area contributed by atoms with Crippen LogP contribution in [0.1, 0.15) is 10.4 Å². The standard InChI is InChI=1S/C14H12ClNO2/c15-8-14(18)16-9-13(17)12-6-5-10-3-1-2-4-11(10)7-12/h1-7H,8-9H2,(H,16,18). The molecule has 0 radical (unpaired) electrons. The van der Waals surface area contributed by atoms with Crippen LogP contribution in [0.4, 0.5) is 0 Å². The first-order valence-corrected chi connectivity index (χ1v) is 6.09. The fourth-order valence-electron chi connectivity index (χ4n) is 1.69. The van der Waals surface area contributed by atoms with Gasteiger partial charge in [0.1, 0.15) is 5.88 Å². The van der Waals surface area contributed by atoms with Crippen LogP contribution in [0.5, 0.6) is 0 Å². The van der Waals surface area contributed by atoms with E-state index in [1.807, 2.05) is 36.4 Å². The predicted molar refractivity (Wildman–Crippen MR) is 72.0 cm³/mol. The van der Waals surface area contributed by atoms with Crippen molar-refractivity contribution in [2.24, 2.45) is 0 Å². The van der Waals surface area contributed by atoms with Crippen molar-refractivity contribution in [2.45, 2.75) is 0 Å². The largest absolute Gasteiger partial charge is 0.348 e. The maximum Gasteiger partial charge on any atom is 0.235 e. The van der Waals surface area contributed by atoms with Crippen LogP contribution in [0, 0.1) is 0 Å². The van der Waals surface area contributed by atoms with Gasteiger partial charge in [-0.3, -0.25) is 9.59 Å². The van der Waals surface area contributed by atoms with Crippen molar-refractivity contribution in [3.05, 3.63) is 48.0 Å². The summed E-state index contributed by atoms with van der Waals surface area (Å²) in [4.78, 5) is 22.8. The highest BCUT2D eigenvalue weighted by molar-refractivity contribution is 6.27. The van der Waals surface area contributed by atoms with Crippen molar-refractivity contribution in [1.29, 1.82) is 0 Å². The Labute approximate surface area is 110 Å². The molecular formula is C14H12ClNO2. The van der Waals surface area contributed by atoms with E-state index in [0.717, 1.165) is 10.8 Å². The van der Waals surface area contributed by atoms with Gasteiger partial charge in [-0.25, -0.2) is 0 Å². The highest BCUT2D eigenvalue weighted by Gasteiger charge is 2.08. The van der Waals surface area contributed by atoms with Gasteiger partial charge in [-0.1, -0.05) is 36.4 Å². The maximum atomic E-state index is 11.9. The number of fused-ring (bicyclic) bond motifs is 1. The summed E-state index contributed by atoms with van der Waals surface area (Å²) in [6, 6.07) is 13.3. The maximum absolute atomic E-state index is 11.9. The Morgan fingerprint density at radius 2 is 1.78 bits per heavy atom. The Morgan fingerprint density at radius 1 is 1.06 bits per heavy atom. The van der Waals surface area contributed by atoms with Crippen molar-refractivity contribution in [1.82, 2.24) is 5.32 Å². The van der Waals surface area contributed by atoms with Crippen LogP contribution in [0.15, 0.2) is 42.5 Å². The zero-order valence-electron chi connectivity index (χ0n) is 9.65. The lowest BCUT2D eigenvalue weighted by Crippen LogP contribution is -2.30. The van der Waals surface area contributed by atoms with Gasteiger partial charge in [0.2, 0.25) is 5.91 Å². The SMILES string of the molecule is O=C(CCl)NCC(=O)c1ccc2ccccc2c1. The molecule has 2 aromatic carbocycles. The highest BCUT2D eigenvalue weighted by Crippen LogP contribution is 2.15. The second-order valence-electron chi connectivity index (χ2n) is 3.90. The minimum atomic E-state index is -0.342. The molecule has 3 nitrogen and oxygen atoms in total. The third-order valence-corrected chi connectivity index (χ3v) is 2.88. The third kappa shape index (κ3) is 2.87. The van der Waals surface area contributed by atoms with Crippen molar-refractivity contribution >= 4 is 34.1 Å².